The number of carbonyl (C=O) groups is 2. The van der Waals surface area contributed by atoms with Crippen molar-refractivity contribution in [2.24, 2.45) is 0 Å². The van der Waals surface area contributed by atoms with Crippen molar-refractivity contribution >= 4 is 29.5 Å². The second-order valence-corrected chi connectivity index (χ2v) is 6.29. The number of hydrogen-bond donors (Lipinski definition) is 1. The molecule has 1 aliphatic rings. The molecule has 0 spiro atoms. The van der Waals surface area contributed by atoms with Crippen LogP contribution in [0.2, 0.25) is 5.02 Å². The summed E-state index contributed by atoms with van der Waals surface area (Å²) in [5, 5.41) is 19.5. The van der Waals surface area contributed by atoms with Gasteiger partial charge in [-0.1, -0.05) is 18.5 Å². The zero-order valence-electron chi connectivity index (χ0n) is 15.2. The first-order valence-electron chi connectivity index (χ1n) is 8.18. The van der Waals surface area contributed by atoms with Gasteiger partial charge in [-0.3, -0.25) is 10.1 Å². The summed E-state index contributed by atoms with van der Waals surface area (Å²) >= 11 is 5.55. The molecular weight excluding hydrogens is 435 g/mol. The van der Waals surface area contributed by atoms with E-state index in [1.807, 2.05) is 0 Å². The molecule has 0 saturated carbocycles. The molecule has 12 heteroatoms. The summed E-state index contributed by atoms with van der Waals surface area (Å²) in [6.45, 7) is 3.27. The van der Waals surface area contributed by atoms with Gasteiger partial charge in [0, 0.05) is 23.6 Å². The van der Waals surface area contributed by atoms with E-state index in [1.54, 1.807) is 0 Å². The third kappa shape index (κ3) is 5.24. The molecule has 2 aromatic carbocycles. The Bertz CT molecular complexity index is 1010. The van der Waals surface area contributed by atoms with E-state index < -0.39 is 62.0 Å². The summed E-state index contributed by atoms with van der Waals surface area (Å²) in [6, 6.07) is 2.10. The number of carboxylic acids is 1. The number of hydrogen-bond acceptors (Lipinski definition) is 6. The van der Waals surface area contributed by atoms with Gasteiger partial charge in [-0.15, -0.1) is 0 Å². The van der Waals surface area contributed by atoms with Gasteiger partial charge in [0.15, 0.2) is 23.2 Å². The zero-order chi connectivity index (χ0) is 22.6. The van der Waals surface area contributed by atoms with E-state index >= 15 is 0 Å². The van der Waals surface area contributed by atoms with Crippen LogP contribution in [0.5, 0.6) is 11.5 Å². The SMILES string of the molecule is C1CO1.CC(C=O)c1cc(Oc2cc(F)c(F)c(F)c2Cl)cc(C(=O)O)c1[N+](=O)[O-]. The number of carboxylic acid groups (broad SMARTS) is 1. The van der Waals surface area contributed by atoms with Gasteiger partial charge in [0.2, 0.25) is 0 Å². The molecule has 1 N–H and O–H groups in total. The molecule has 1 aliphatic heterocycles. The van der Waals surface area contributed by atoms with Crippen molar-refractivity contribution in [3.63, 3.8) is 0 Å². The molecule has 8 nitrogen and oxygen atoms in total. The van der Waals surface area contributed by atoms with Crippen LogP contribution in [-0.4, -0.2) is 35.5 Å². The van der Waals surface area contributed by atoms with Crippen molar-refractivity contribution in [3.8, 4) is 11.5 Å². The number of nitro groups is 1. The number of epoxide rings is 1. The average molecular weight is 448 g/mol. The number of nitro benzene ring substituents is 1. The molecule has 0 amide bonds. The van der Waals surface area contributed by atoms with Gasteiger partial charge in [-0.2, -0.15) is 0 Å². The zero-order valence-corrected chi connectivity index (χ0v) is 15.9. The summed E-state index contributed by atoms with van der Waals surface area (Å²) in [5.41, 5.74) is -1.96. The highest BCUT2D eigenvalue weighted by molar-refractivity contribution is 6.32. The van der Waals surface area contributed by atoms with Gasteiger partial charge in [-0.25, -0.2) is 18.0 Å². The Labute approximate surface area is 171 Å². The van der Waals surface area contributed by atoms with Crippen molar-refractivity contribution in [2.75, 3.05) is 13.2 Å². The summed E-state index contributed by atoms with van der Waals surface area (Å²) in [7, 11) is 0. The minimum Gasteiger partial charge on any atom is -0.477 e. The molecule has 0 radical (unpaired) electrons. The molecule has 3 rings (SSSR count). The van der Waals surface area contributed by atoms with Gasteiger partial charge in [0.1, 0.15) is 22.6 Å². The predicted molar refractivity (Wildman–Crippen MR) is 96.8 cm³/mol. The molecule has 1 atom stereocenters. The fourth-order valence-corrected chi connectivity index (χ4v) is 2.40. The van der Waals surface area contributed by atoms with Crippen molar-refractivity contribution in [1.29, 1.82) is 0 Å². The average Bonchev–Trinajstić information content (AvgIpc) is 3.58. The van der Waals surface area contributed by atoms with Crippen molar-refractivity contribution in [3.05, 3.63) is 61.9 Å². The molecule has 1 fully saturated rings. The van der Waals surface area contributed by atoms with Gasteiger partial charge < -0.3 is 19.4 Å². The van der Waals surface area contributed by atoms with E-state index in [1.165, 1.54) is 6.92 Å². The second kappa shape index (κ2) is 9.55. The minimum absolute atomic E-state index is 0.302. The van der Waals surface area contributed by atoms with Gasteiger partial charge in [-0.05, 0) is 6.07 Å². The van der Waals surface area contributed by atoms with Crippen LogP contribution >= 0.6 is 11.6 Å². The maximum atomic E-state index is 13.5. The van der Waals surface area contributed by atoms with Crippen LogP contribution in [0.15, 0.2) is 18.2 Å². The fraction of sp³-hybridized carbons (Fsp3) is 0.222. The largest absolute Gasteiger partial charge is 0.477 e. The highest BCUT2D eigenvalue weighted by atomic mass is 35.5. The molecule has 2 aromatic rings. The monoisotopic (exact) mass is 447 g/mol. The second-order valence-electron chi connectivity index (χ2n) is 5.91. The maximum absolute atomic E-state index is 13.5. The Hall–Kier alpha value is -3.18. The molecule has 0 aromatic heterocycles. The van der Waals surface area contributed by atoms with Crippen molar-refractivity contribution in [2.45, 2.75) is 12.8 Å². The smallest absolute Gasteiger partial charge is 0.342 e. The highest BCUT2D eigenvalue weighted by Crippen LogP contribution is 2.38. The number of halogens is 4. The molecule has 1 heterocycles. The Balaban J connectivity index is 0.000000976. The third-order valence-electron chi connectivity index (χ3n) is 3.72. The van der Waals surface area contributed by atoms with E-state index in [2.05, 4.69) is 4.74 Å². The Morgan fingerprint density at radius 3 is 2.37 bits per heavy atom. The van der Waals surface area contributed by atoms with Crippen LogP contribution in [0.1, 0.15) is 28.8 Å². The summed E-state index contributed by atoms with van der Waals surface area (Å²) in [6.07, 6.45) is 0.335. The lowest BCUT2D eigenvalue weighted by molar-refractivity contribution is -0.386. The normalized spacial score (nSPS) is 13.0. The van der Waals surface area contributed by atoms with E-state index in [0.29, 0.717) is 12.4 Å². The van der Waals surface area contributed by atoms with Crippen LogP contribution in [0, 0.1) is 27.6 Å². The van der Waals surface area contributed by atoms with E-state index in [0.717, 1.165) is 25.3 Å². The summed E-state index contributed by atoms with van der Waals surface area (Å²) in [5.74, 6) is -9.07. The van der Waals surface area contributed by atoms with Crippen LogP contribution in [0.25, 0.3) is 0 Å². The van der Waals surface area contributed by atoms with Crippen LogP contribution in [0.4, 0.5) is 18.9 Å². The molecule has 160 valence electrons. The molecule has 0 aliphatic carbocycles. The number of aromatic carboxylic acids is 1. The number of rotatable bonds is 6. The first kappa shape index (κ1) is 23.1. The summed E-state index contributed by atoms with van der Waals surface area (Å²) < 4.78 is 49.7. The lowest BCUT2D eigenvalue weighted by Gasteiger charge is -2.13. The number of ether oxygens (including phenoxy) is 2. The van der Waals surface area contributed by atoms with Gasteiger partial charge in [0.05, 0.1) is 18.1 Å². The molecule has 0 bridgehead atoms. The fourth-order valence-electron chi connectivity index (χ4n) is 2.23. The Morgan fingerprint density at radius 1 is 1.30 bits per heavy atom. The summed E-state index contributed by atoms with van der Waals surface area (Å²) in [4.78, 5) is 32.7. The van der Waals surface area contributed by atoms with Crippen LogP contribution in [0.3, 0.4) is 0 Å². The Kier molecular flexibility index (Phi) is 7.35. The van der Waals surface area contributed by atoms with Crippen LogP contribution in [-0.2, 0) is 9.53 Å². The van der Waals surface area contributed by atoms with Gasteiger partial charge >= 0.3 is 5.97 Å². The maximum Gasteiger partial charge on any atom is 0.342 e. The quantitative estimate of drug-likeness (QED) is 0.173. The van der Waals surface area contributed by atoms with E-state index in [-0.39, 0.29) is 5.56 Å². The first-order chi connectivity index (χ1) is 14.1. The third-order valence-corrected chi connectivity index (χ3v) is 4.07. The molecule has 1 saturated heterocycles. The number of carbonyl (C=O) groups excluding carboxylic acids is 1. The number of benzene rings is 2. The minimum atomic E-state index is -1.84. The molecule has 30 heavy (non-hydrogen) atoms. The molecular formula is C18H13ClF3NO7. The van der Waals surface area contributed by atoms with Crippen molar-refractivity contribution < 1.29 is 42.3 Å². The number of aldehydes is 1. The van der Waals surface area contributed by atoms with E-state index in [4.69, 9.17) is 16.3 Å². The standard InChI is InChI=1S/C16H9ClF3NO6.C2H4O/c1-6(5-22)8-2-7(3-9(16(23)24)15(8)21(25)26)27-11-4-10(18)13(19)14(20)12(11)17;1-2-3-1/h2-6H,1H3,(H,23,24);1-2H2. The Morgan fingerprint density at radius 2 is 1.90 bits per heavy atom. The van der Waals surface area contributed by atoms with Crippen LogP contribution < -0.4 is 4.74 Å². The highest BCUT2D eigenvalue weighted by Gasteiger charge is 2.29. The van der Waals surface area contributed by atoms with E-state index in [9.17, 15) is 38.0 Å². The lowest BCUT2D eigenvalue weighted by atomic mass is 9.97. The lowest BCUT2D eigenvalue weighted by Crippen LogP contribution is -2.09. The molecule has 1 unspecified atom stereocenters. The predicted octanol–water partition coefficient (Wildman–Crippen LogP) is 4.48. The number of nitrogens with zero attached hydrogens (tertiary/aromatic N) is 1. The van der Waals surface area contributed by atoms with Gasteiger partial charge in [0.25, 0.3) is 5.69 Å². The van der Waals surface area contributed by atoms with Crippen molar-refractivity contribution in [1.82, 2.24) is 0 Å². The topological polar surface area (TPSA) is 119 Å². The first-order valence-corrected chi connectivity index (χ1v) is 8.55.